The van der Waals surface area contributed by atoms with Crippen molar-refractivity contribution in [3.63, 3.8) is 0 Å². The number of benzene rings is 1. The lowest BCUT2D eigenvalue weighted by Crippen LogP contribution is -2.17. The van der Waals surface area contributed by atoms with E-state index >= 15 is 0 Å². The summed E-state index contributed by atoms with van der Waals surface area (Å²) in [6.45, 7) is 0. The molecule has 1 aromatic carbocycles. The summed E-state index contributed by atoms with van der Waals surface area (Å²) in [5.41, 5.74) is 0.868. The van der Waals surface area contributed by atoms with Crippen LogP contribution >= 0.6 is 0 Å². The molecular formula is C14H11F2NO. The number of alkyl halides is 2. The van der Waals surface area contributed by atoms with Crippen molar-refractivity contribution in [2.24, 2.45) is 0 Å². The number of ether oxygens (including phenoxy) is 1. The van der Waals surface area contributed by atoms with Crippen LogP contribution in [0.5, 0.6) is 5.75 Å². The third kappa shape index (κ3) is 3.17. The zero-order chi connectivity index (χ0) is 13.0. The molecule has 1 aliphatic carbocycles. The van der Waals surface area contributed by atoms with Crippen LogP contribution in [0.15, 0.2) is 48.3 Å². The minimum atomic E-state index is -2.84. The maximum Gasteiger partial charge on any atom is 0.273 e. The molecule has 0 unspecified atom stereocenters. The zero-order valence-corrected chi connectivity index (χ0v) is 9.57. The summed E-state index contributed by atoms with van der Waals surface area (Å²) in [6, 6.07) is 8.87. The molecule has 92 valence electrons. The molecule has 0 aromatic heterocycles. The van der Waals surface area contributed by atoms with Crippen molar-refractivity contribution >= 4 is 0 Å². The number of rotatable bonds is 3. The Morgan fingerprint density at radius 1 is 1.28 bits per heavy atom. The van der Waals surface area contributed by atoms with Crippen molar-refractivity contribution in [3.8, 4) is 11.8 Å². The van der Waals surface area contributed by atoms with E-state index in [1.807, 2.05) is 6.07 Å². The van der Waals surface area contributed by atoms with Gasteiger partial charge < -0.3 is 4.74 Å². The monoisotopic (exact) mass is 247 g/mol. The van der Waals surface area contributed by atoms with Gasteiger partial charge in [-0.1, -0.05) is 18.2 Å². The molecule has 2 nitrogen and oxygen atoms in total. The van der Waals surface area contributed by atoms with E-state index in [0.29, 0.717) is 12.2 Å². The number of nitriles is 1. The second kappa shape index (κ2) is 5.01. The molecule has 0 bridgehead atoms. The lowest BCUT2D eigenvalue weighted by Gasteiger charge is -2.18. The molecule has 0 radical (unpaired) electrons. The lowest BCUT2D eigenvalue weighted by atomic mass is 10.1. The van der Waals surface area contributed by atoms with Crippen LogP contribution in [0, 0.1) is 11.3 Å². The molecule has 1 aliphatic rings. The summed E-state index contributed by atoms with van der Waals surface area (Å²) in [6.07, 6.45) is 3.58. The Hall–Kier alpha value is -2.15. The van der Waals surface area contributed by atoms with E-state index in [2.05, 4.69) is 0 Å². The molecule has 0 atom stereocenters. The first-order valence-electron chi connectivity index (χ1n) is 5.49. The molecular weight excluding hydrogens is 236 g/mol. The van der Waals surface area contributed by atoms with E-state index in [9.17, 15) is 8.78 Å². The van der Waals surface area contributed by atoms with E-state index in [1.54, 1.807) is 24.3 Å². The molecule has 0 saturated carbocycles. The van der Waals surface area contributed by atoms with Crippen molar-refractivity contribution in [3.05, 3.63) is 53.8 Å². The number of allylic oxidation sites excluding steroid dienone is 4. The second-order valence-electron chi connectivity index (χ2n) is 4.01. The minimum Gasteiger partial charge on any atom is -0.461 e. The van der Waals surface area contributed by atoms with Gasteiger partial charge in [0.1, 0.15) is 11.5 Å². The summed E-state index contributed by atoms with van der Waals surface area (Å²) in [7, 11) is 0. The number of nitrogens with zero attached hydrogens (tertiary/aromatic N) is 1. The highest BCUT2D eigenvalue weighted by Gasteiger charge is 2.29. The van der Waals surface area contributed by atoms with E-state index in [-0.39, 0.29) is 5.76 Å². The predicted octanol–water partition coefficient (Wildman–Crippen LogP) is 3.61. The Morgan fingerprint density at radius 2 is 2.00 bits per heavy atom. The minimum absolute atomic E-state index is 0.232. The Kier molecular flexibility index (Phi) is 3.42. The van der Waals surface area contributed by atoms with Gasteiger partial charge in [0.05, 0.1) is 18.9 Å². The van der Waals surface area contributed by atoms with Gasteiger partial charge in [-0.3, -0.25) is 0 Å². The van der Waals surface area contributed by atoms with Crippen LogP contribution in [0.1, 0.15) is 12.0 Å². The Bertz CT molecular complexity index is 524. The Morgan fingerprint density at radius 3 is 2.61 bits per heavy atom. The van der Waals surface area contributed by atoms with Gasteiger partial charge in [0.2, 0.25) is 0 Å². The zero-order valence-electron chi connectivity index (χ0n) is 9.57. The van der Waals surface area contributed by atoms with Crippen LogP contribution in [-0.4, -0.2) is 5.92 Å². The Balaban J connectivity index is 2.04. The van der Waals surface area contributed by atoms with Crippen LogP contribution in [0.2, 0.25) is 0 Å². The average Bonchev–Trinajstić information content (AvgIpc) is 2.31. The Labute approximate surface area is 104 Å². The van der Waals surface area contributed by atoms with Gasteiger partial charge in [-0.15, -0.1) is 0 Å². The maximum atomic E-state index is 13.1. The second-order valence-corrected chi connectivity index (χ2v) is 4.01. The number of hydrogen-bond acceptors (Lipinski definition) is 2. The lowest BCUT2D eigenvalue weighted by molar-refractivity contribution is 0.0444. The van der Waals surface area contributed by atoms with Crippen LogP contribution in [-0.2, 0) is 6.42 Å². The first kappa shape index (κ1) is 12.3. The normalized spacial score (nSPS) is 16.8. The molecule has 0 fully saturated rings. The van der Waals surface area contributed by atoms with Crippen molar-refractivity contribution in [2.75, 3.05) is 0 Å². The van der Waals surface area contributed by atoms with Gasteiger partial charge in [-0.25, -0.2) is 8.78 Å². The van der Waals surface area contributed by atoms with Gasteiger partial charge in [0.25, 0.3) is 5.92 Å². The van der Waals surface area contributed by atoms with E-state index in [0.717, 1.165) is 11.6 Å². The third-order valence-corrected chi connectivity index (χ3v) is 2.49. The highest BCUT2D eigenvalue weighted by molar-refractivity contribution is 5.31. The molecule has 2 rings (SSSR count). The predicted molar refractivity (Wildman–Crippen MR) is 63.2 cm³/mol. The molecule has 0 amide bonds. The van der Waals surface area contributed by atoms with Crippen LogP contribution < -0.4 is 4.74 Å². The van der Waals surface area contributed by atoms with Gasteiger partial charge in [-0.2, -0.15) is 5.26 Å². The number of hydrogen-bond donors (Lipinski definition) is 0. The van der Waals surface area contributed by atoms with E-state index < -0.39 is 12.3 Å². The van der Waals surface area contributed by atoms with Gasteiger partial charge in [0.15, 0.2) is 0 Å². The van der Waals surface area contributed by atoms with Gasteiger partial charge in [-0.05, 0) is 29.8 Å². The number of halogens is 2. The van der Waals surface area contributed by atoms with Crippen molar-refractivity contribution < 1.29 is 13.5 Å². The summed E-state index contributed by atoms with van der Waals surface area (Å²) in [5, 5.41) is 8.53. The molecule has 0 saturated heterocycles. The highest BCUT2D eigenvalue weighted by Crippen LogP contribution is 2.29. The summed E-state index contributed by atoms with van der Waals surface area (Å²) in [4.78, 5) is 0. The fourth-order valence-corrected chi connectivity index (χ4v) is 1.63. The summed E-state index contributed by atoms with van der Waals surface area (Å²) >= 11 is 0. The quantitative estimate of drug-likeness (QED) is 0.817. The molecule has 0 aliphatic heterocycles. The van der Waals surface area contributed by atoms with Crippen LogP contribution in [0.3, 0.4) is 0 Å². The molecule has 4 heteroatoms. The summed E-state index contributed by atoms with van der Waals surface area (Å²) in [5.74, 6) is -2.12. The van der Waals surface area contributed by atoms with Crippen LogP contribution in [0.25, 0.3) is 0 Å². The fourth-order valence-electron chi connectivity index (χ4n) is 1.63. The van der Waals surface area contributed by atoms with Gasteiger partial charge in [0, 0.05) is 0 Å². The standard InChI is InChI=1S/C14H11F2NO/c15-14(16)8-1-2-13(10-14)18-12-5-3-11(4-6-12)7-9-17/h1-6,8H,7,10H2. The van der Waals surface area contributed by atoms with Crippen LogP contribution in [0.4, 0.5) is 8.78 Å². The SMILES string of the molecule is N#CCc1ccc(OC2=CC=CC(F)(F)C2)cc1. The molecule has 18 heavy (non-hydrogen) atoms. The largest absolute Gasteiger partial charge is 0.461 e. The fraction of sp³-hybridized carbons (Fsp3) is 0.214. The molecule has 1 aromatic rings. The van der Waals surface area contributed by atoms with Crippen molar-refractivity contribution in [2.45, 2.75) is 18.8 Å². The summed E-state index contributed by atoms with van der Waals surface area (Å²) < 4.78 is 31.5. The third-order valence-electron chi connectivity index (χ3n) is 2.49. The van der Waals surface area contributed by atoms with Crippen molar-refractivity contribution in [1.82, 2.24) is 0 Å². The first-order valence-corrected chi connectivity index (χ1v) is 5.49. The molecule has 0 spiro atoms. The molecule has 0 N–H and O–H groups in total. The average molecular weight is 247 g/mol. The first-order chi connectivity index (χ1) is 8.59. The van der Waals surface area contributed by atoms with E-state index in [1.165, 1.54) is 12.2 Å². The highest BCUT2D eigenvalue weighted by atomic mass is 19.3. The molecule has 0 heterocycles. The maximum absolute atomic E-state index is 13.1. The topological polar surface area (TPSA) is 33.0 Å². The smallest absolute Gasteiger partial charge is 0.273 e. The van der Waals surface area contributed by atoms with Gasteiger partial charge >= 0.3 is 0 Å². The van der Waals surface area contributed by atoms with Crippen molar-refractivity contribution in [1.29, 1.82) is 5.26 Å². The van der Waals surface area contributed by atoms with E-state index in [4.69, 9.17) is 10.00 Å².